The molecule has 0 bridgehead atoms. The van der Waals surface area contributed by atoms with E-state index in [9.17, 15) is 9.18 Å². The molecular formula is C27H21F2N7OS. The molecule has 5 aromatic heterocycles. The third kappa shape index (κ3) is 4.30. The smallest absolute Gasteiger partial charge is 0.224 e. The third-order valence-corrected chi connectivity index (χ3v) is 7.08. The second kappa shape index (κ2) is 9.75. The van der Waals surface area contributed by atoms with Gasteiger partial charge >= 0.3 is 0 Å². The molecule has 11 heteroatoms. The van der Waals surface area contributed by atoms with Gasteiger partial charge in [-0.25, -0.2) is 9.37 Å². The number of fused-ring (bicyclic) bond motifs is 2. The number of benzene rings is 1. The highest BCUT2D eigenvalue weighted by atomic mass is 32.1. The van der Waals surface area contributed by atoms with E-state index in [0.717, 1.165) is 34.6 Å². The van der Waals surface area contributed by atoms with Gasteiger partial charge in [0, 0.05) is 28.6 Å². The zero-order valence-corrected chi connectivity index (χ0v) is 21.0. The van der Waals surface area contributed by atoms with Crippen LogP contribution >= 0.6 is 11.3 Å². The number of pyridine rings is 2. The van der Waals surface area contributed by atoms with E-state index in [0.29, 0.717) is 40.0 Å². The number of aromatic nitrogens is 6. The molecule has 38 heavy (non-hydrogen) atoms. The number of carbonyl (C=O) groups excluding carboxylic acids is 1. The number of nitrogens with one attached hydrogen (secondary N) is 3. The first-order valence-electron chi connectivity index (χ1n) is 12.0. The largest absolute Gasteiger partial charge is 0.337 e. The molecule has 0 unspecified atom stereocenters. The standard InChI is InChI=1S/C27H21F2N7OS/c1-2-3-7-21(37)32-15-10-14(11-30-12-15)24-23(29)22-18(13-31-24)35-36-26(22)27-33-17-6-4-5-16(25(17)34-27)19-8-9-20(28)38-19/h4-6,8-13H,2-3,7H2,1H3,(H,32,37)(H,33,34)(H,35,36). The summed E-state index contributed by atoms with van der Waals surface area (Å²) >= 11 is 1.03. The summed E-state index contributed by atoms with van der Waals surface area (Å²) in [6.07, 6.45) is 6.60. The molecule has 0 atom stereocenters. The summed E-state index contributed by atoms with van der Waals surface area (Å²) in [7, 11) is 0. The van der Waals surface area contributed by atoms with E-state index < -0.39 is 5.82 Å². The fourth-order valence-corrected chi connectivity index (χ4v) is 5.11. The number of hydrogen-bond donors (Lipinski definition) is 3. The monoisotopic (exact) mass is 529 g/mol. The fourth-order valence-electron chi connectivity index (χ4n) is 4.35. The van der Waals surface area contributed by atoms with Gasteiger partial charge in [0.25, 0.3) is 0 Å². The van der Waals surface area contributed by atoms with E-state index in [1.807, 2.05) is 25.1 Å². The summed E-state index contributed by atoms with van der Waals surface area (Å²) in [5, 5.41) is 9.88. The number of nitrogens with zero attached hydrogens (tertiary/aromatic N) is 4. The highest BCUT2D eigenvalue weighted by Gasteiger charge is 2.21. The number of anilines is 1. The maximum absolute atomic E-state index is 16.0. The van der Waals surface area contributed by atoms with Crippen LogP contribution in [0, 0.1) is 10.9 Å². The van der Waals surface area contributed by atoms with Gasteiger partial charge in [0.05, 0.1) is 40.0 Å². The van der Waals surface area contributed by atoms with Crippen molar-refractivity contribution >= 4 is 44.9 Å². The van der Waals surface area contributed by atoms with Gasteiger partial charge in [-0.3, -0.25) is 19.9 Å². The van der Waals surface area contributed by atoms with E-state index in [1.165, 1.54) is 24.7 Å². The molecule has 0 spiro atoms. The van der Waals surface area contributed by atoms with Crippen molar-refractivity contribution < 1.29 is 13.6 Å². The lowest BCUT2D eigenvalue weighted by Gasteiger charge is -2.08. The van der Waals surface area contributed by atoms with E-state index >= 15 is 4.39 Å². The number of thiophene rings is 1. The normalized spacial score (nSPS) is 11.4. The Morgan fingerprint density at radius 1 is 1.08 bits per heavy atom. The van der Waals surface area contributed by atoms with Gasteiger partial charge < -0.3 is 10.3 Å². The molecule has 0 aliphatic rings. The Balaban J connectivity index is 1.41. The fraction of sp³-hybridized carbons (Fsp3) is 0.148. The topological polar surface area (TPSA) is 112 Å². The molecular weight excluding hydrogens is 508 g/mol. The van der Waals surface area contributed by atoms with Crippen LogP contribution in [0.4, 0.5) is 14.5 Å². The summed E-state index contributed by atoms with van der Waals surface area (Å²) in [5.41, 5.74) is 3.76. The van der Waals surface area contributed by atoms with E-state index in [4.69, 9.17) is 4.98 Å². The number of imidazole rings is 1. The summed E-state index contributed by atoms with van der Waals surface area (Å²) in [4.78, 5) is 29.3. The molecule has 0 radical (unpaired) electrons. The summed E-state index contributed by atoms with van der Waals surface area (Å²) < 4.78 is 29.7. The zero-order chi connectivity index (χ0) is 26.2. The van der Waals surface area contributed by atoms with Crippen LogP contribution in [0.25, 0.3) is 55.2 Å². The predicted molar refractivity (Wildman–Crippen MR) is 144 cm³/mol. The number of para-hydroxylation sites is 1. The number of unbranched alkanes of at least 4 members (excludes halogenated alkanes) is 1. The molecule has 190 valence electrons. The third-order valence-electron chi connectivity index (χ3n) is 6.17. The summed E-state index contributed by atoms with van der Waals surface area (Å²) in [6, 6.07) is 10.3. The highest BCUT2D eigenvalue weighted by molar-refractivity contribution is 7.14. The minimum atomic E-state index is -0.594. The Labute approximate surface area is 219 Å². The van der Waals surface area contributed by atoms with E-state index in [1.54, 1.807) is 12.1 Å². The minimum Gasteiger partial charge on any atom is -0.337 e. The van der Waals surface area contributed by atoms with Crippen LogP contribution in [0.1, 0.15) is 26.2 Å². The zero-order valence-electron chi connectivity index (χ0n) is 20.2. The molecule has 8 nitrogen and oxygen atoms in total. The van der Waals surface area contributed by atoms with Crippen LogP contribution in [0.5, 0.6) is 0 Å². The first kappa shape index (κ1) is 23.9. The average Bonchev–Trinajstić information content (AvgIpc) is 3.65. The van der Waals surface area contributed by atoms with Gasteiger partial charge in [-0.05, 0) is 30.7 Å². The van der Waals surface area contributed by atoms with Gasteiger partial charge in [-0.15, -0.1) is 11.3 Å². The summed E-state index contributed by atoms with van der Waals surface area (Å²) in [6.45, 7) is 2.01. The molecule has 1 aromatic carbocycles. The molecule has 6 rings (SSSR count). The SMILES string of the molecule is CCCCC(=O)Nc1cncc(-c2ncc3[nH]nc(-c4nc5c(-c6ccc(F)s6)cccc5[nH]4)c3c2F)c1. The molecule has 3 N–H and O–H groups in total. The van der Waals surface area contributed by atoms with Gasteiger partial charge in [-0.2, -0.15) is 9.49 Å². The lowest BCUT2D eigenvalue weighted by atomic mass is 10.1. The van der Waals surface area contributed by atoms with Crippen LogP contribution in [-0.4, -0.2) is 36.0 Å². The van der Waals surface area contributed by atoms with Gasteiger partial charge in [0.15, 0.2) is 16.8 Å². The number of H-pyrrole nitrogens is 2. The molecule has 5 heterocycles. The Bertz CT molecular complexity index is 1810. The average molecular weight is 530 g/mol. The molecule has 0 aliphatic carbocycles. The van der Waals surface area contributed by atoms with E-state index in [2.05, 4.69) is 30.5 Å². The minimum absolute atomic E-state index is 0.0724. The van der Waals surface area contributed by atoms with Crippen LogP contribution in [0.3, 0.4) is 0 Å². The molecule has 1 amide bonds. The van der Waals surface area contributed by atoms with Crippen molar-refractivity contribution in [3.05, 3.63) is 65.9 Å². The second-order valence-electron chi connectivity index (χ2n) is 8.79. The van der Waals surface area contributed by atoms with Crippen molar-refractivity contribution in [2.45, 2.75) is 26.2 Å². The quantitative estimate of drug-likeness (QED) is 0.213. The van der Waals surface area contributed by atoms with E-state index in [-0.39, 0.29) is 27.8 Å². The molecule has 0 saturated heterocycles. The molecule has 0 aliphatic heterocycles. The van der Waals surface area contributed by atoms with Crippen molar-refractivity contribution in [3.63, 3.8) is 0 Å². The Morgan fingerprint density at radius 3 is 2.79 bits per heavy atom. The number of rotatable bonds is 7. The number of aromatic amines is 2. The molecule has 0 saturated carbocycles. The van der Waals surface area contributed by atoms with Gasteiger partial charge in [0.1, 0.15) is 11.4 Å². The van der Waals surface area contributed by atoms with Crippen LogP contribution in [0.2, 0.25) is 0 Å². The van der Waals surface area contributed by atoms with Crippen LogP contribution in [-0.2, 0) is 4.79 Å². The Morgan fingerprint density at radius 2 is 1.97 bits per heavy atom. The van der Waals surface area contributed by atoms with Crippen molar-refractivity contribution in [1.29, 1.82) is 0 Å². The van der Waals surface area contributed by atoms with Crippen molar-refractivity contribution in [2.75, 3.05) is 5.32 Å². The maximum atomic E-state index is 16.0. The van der Waals surface area contributed by atoms with Gasteiger partial charge in [0.2, 0.25) is 5.91 Å². The maximum Gasteiger partial charge on any atom is 0.224 e. The number of carbonyl (C=O) groups is 1. The summed E-state index contributed by atoms with van der Waals surface area (Å²) in [5.74, 6) is -0.355. The van der Waals surface area contributed by atoms with Crippen LogP contribution < -0.4 is 5.32 Å². The predicted octanol–water partition coefficient (Wildman–Crippen LogP) is 6.70. The first-order chi connectivity index (χ1) is 18.5. The number of hydrogen-bond acceptors (Lipinski definition) is 6. The lowest BCUT2D eigenvalue weighted by Crippen LogP contribution is -2.11. The second-order valence-corrected chi connectivity index (χ2v) is 9.82. The lowest BCUT2D eigenvalue weighted by molar-refractivity contribution is -0.116. The first-order valence-corrected chi connectivity index (χ1v) is 12.9. The highest BCUT2D eigenvalue weighted by Crippen LogP contribution is 2.36. The van der Waals surface area contributed by atoms with Crippen LogP contribution in [0.15, 0.2) is 55.0 Å². The van der Waals surface area contributed by atoms with Crippen molar-refractivity contribution in [3.8, 4) is 33.2 Å². The molecule has 6 aromatic rings. The van der Waals surface area contributed by atoms with Crippen molar-refractivity contribution in [1.82, 2.24) is 30.1 Å². The number of halogens is 2. The van der Waals surface area contributed by atoms with Gasteiger partial charge in [-0.1, -0.05) is 25.5 Å². The molecule has 0 fully saturated rings. The Hall–Kier alpha value is -4.51. The Kier molecular flexibility index (Phi) is 6.12. The van der Waals surface area contributed by atoms with Crippen molar-refractivity contribution in [2.24, 2.45) is 0 Å². The number of amides is 1.